The predicted octanol–water partition coefficient (Wildman–Crippen LogP) is 0.733. The first-order valence-electron chi connectivity index (χ1n) is 7.88. The van der Waals surface area contributed by atoms with Crippen molar-refractivity contribution in [2.45, 2.75) is 45.1 Å². The van der Waals surface area contributed by atoms with Crippen LogP contribution in [-0.4, -0.2) is 56.7 Å². The maximum absolute atomic E-state index is 12.5. The smallest absolute Gasteiger partial charge is 0.306 e. The molecule has 0 bridgehead atoms. The number of carbonyl (C=O) groups is 1. The van der Waals surface area contributed by atoms with E-state index in [2.05, 4.69) is 5.32 Å². The van der Waals surface area contributed by atoms with Crippen LogP contribution in [0.4, 0.5) is 0 Å². The molecule has 7 heteroatoms. The third-order valence-electron chi connectivity index (χ3n) is 4.02. The van der Waals surface area contributed by atoms with Crippen molar-refractivity contribution in [1.82, 2.24) is 9.62 Å². The highest BCUT2D eigenvalue weighted by molar-refractivity contribution is 7.89. The average molecular weight is 318 g/mol. The van der Waals surface area contributed by atoms with Crippen LogP contribution in [-0.2, 0) is 19.6 Å². The maximum atomic E-state index is 12.5. The van der Waals surface area contributed by atoms with E-state index in [1.54, 1.807) is 11.2 Å². The van der Waals surface area contributed by atoms with Gasteiger partial charge in [-0.1, -0.05) is 0 Å². The van der Waals surface area contributed by atoms with Gasteiger partial charge in [-0.3, -0.25) is 4.79 Å². The molecule has 1 atom stereocenters. The number of hydrogen-bond acceptors (Lipinski definition) is 5. The number of rotatable bonds is 8. The van der Waals surface area contributed by atoms with Crippen LogP contribution < -0.4 is 5.32 Å². The van der Waals surface area contributed by atoms with Crippen LogP contribution in [0, 0.1) is 5.92 Å². The Morgan fingerprint density at radius 2 is 2.10 bits per heavy atom. The SMILES string of the molecule is CCOC(=O)CCS(=O)(=O)N(CC1CCCNC1)C1CC1. The molecule has 1 saturated carbocycles. The zero-order valence-electron chi connectivity index (χ0n) is 12.7. The number of ether oxygens (including phenoxy) is 1. The van der Waals surface area contributed by atoms with Gasteiger partial charge in [-0.15, -0.1) is 0 Å². The molecule has 0 radical (unpaired) electrons. The molecule has 0 amide bonds. The molecule has 1 aliphatic carbocycles. The Bertz CT molecular complexity index is 442. The van der Waals surface area contributed by atoms with Crippen molar-refractivity contribution in [3.63, 3.8) is 0 Å². The number of sulfonamides is 1. The van der Waals surface area contributed by atoms with Gasteiger partial charge in [-0.05, 0) is 51.6 Å². The van der Waals surface area contributed by atoms with E-state index in [9.17, 15) is 13.2 Å². The largest absolute Gasteiger partial charge is 0.466 e. The lowest BCUT2D eigenvalue weighted by atomic mass is 10.00. The Morgan fingerprint density at radius 1 is 1.33 bits per heavy atom. The second kappa shape index (κ2) is 7.56. The van der Waals surface area contributed by atoms with E-state index in [4.69, 9.17) is 4.74 Å². The first-order chi connectivity index (χ1) is 10.0. The van der Waals surface area contributed by atoms with Crippen molar-refractivity contribution in [1.29, 1.82) is 0 Å². The van der Waals surface area contributed by atoms with Gasteiger partial charge < -0.3 is 10.1 Å². The number of hydrogen-bond donors (Lipinski definition) is 1. The van der Waals surface area contributed by atoms with Gasteiger partial charge in [0.25, 0.3) is 0 Å². The zero-order chi connectivity index (χ0) is 15.3. The minimum atomic E-state index is -3.37. The minimum Gasteiger partial charge on any atom is -0.466 e. The lowest BCUT2D eigenvalue weighted by molar-refractivity contribution is -0.142. The fraction of sp³-hybridized carbons (Fsp3) is 0.929. The van der Waals surface area contributed by atoms with Gasteiger partial charge in [0.15, 0.2) is 0 Å². The lowest BCUT2D eigenvalue weighted by Crippen LogP contribution is -2.43. The van der Waals surface area contributed by atoms with E-state index in [0.717, 1.165) is 38.8 Å². The Kier molecular flexibility index (Phi) is 6.01. The molecule has 2 aliphatic rings. The Hall–Kier alpha value is -0.660. The summed E-state index contributed by atoms with van der Waals surface area (Å²) in [6.07, 6.45) is 4.01. The molecule has 2 rings (SSSR count). The van der Waals surface area contributed by atoms with Crippen molar-refractivity contribution in [3.05, 3.63) is 0 Å². The first-order valence-corrected chi connectivity index (χ1v) is 9.49. The molecule has 1 saturated heterocycles. The summed E-state index contributed by atoms with van der Waals surface area (Å²) in [4.78, 5) is 11.4. The summed E-state index contributed by atoms with van der Waals surface area (Å²) in [7, 11) is -3.37. The highest BCUT2D eigenvalue weighted by Crippen LogP contribution is 2.31. The second-order valence-corrected chi connectivity index (χ2v) is 7.93. The van der Waals surface area contributed by atoms with Crippen molar-refractivity contribution < 1.29 is 17.9 Å². The fourth-order valence-corrected chi connectivity index (χ4v) is 4.51. The molecule has 1 aliphatic heterocycles. The number of piperidine rings is 1. The molecule has 1 N–H and O–H groups in total. The number of esters is 1. The van der Waals surface area contributed by atoms with Crippen molar-refractivity contribution in [3.8, 4) is 0 Å². The summed E-state index contributed by atoms with van der Waals surface area (Å²) in [5.41, 5.74) is 0. The number of nitrogens with zero attached hydrogens (tertiary/aromatic N) is 1. The molecule has 1 heterocycles. The van der Waals surface area contributed by atoms with Gasteiger partial charge in [-0.25, -0.2) is 8.42 Å². The summed E-state index contributed by atoms with van der Waals surface area (Å²) in [5, 5.41) is 3.32. The third kappa shape index (κ3) is 5.23. The van der Waals surface area contributed by atoms with Crippen molar-refractivity contribution in [2.75, 3.05) is 32.0 Å². The molecular weight excluding hydrogens is 292 g/mol. The molecule has 21 heavy (non-hydrogen) atoms. The van der Waals surface area contributed by atoms with Crippen LogP contribution in [0.1, 0.15) is 39.0 Å². The van der Waals surface area contributed by atoms with Crippen LogP contribution >= 0.6 is 0 Å². The highest BCUT2D eigenvalue weighted by atomic mass is 32.2. The lowest BCUT2D eigenvalue weighted by Gasteiger charge is -2.29. The van der Waals surface area contributed by atoms with E-state index >= 15 is 0 Å². The number of nitrogens with one attached hydrogen (secondary N) is 1. The van der Waals surface area contributed by atoms with Crippen LogP contribution in [0.25, 0.3) is 0 Å². The standard InChI is InChI=1S/C14H26N2O4S/c1-2-20-14(17)7-9-21(18,19)16(13-5-6-13)11-12-4-3-8-15-10-12/h12-13,15H,2-11H2,1H3. The van der Waals surface area contributed by atoms with E-state index in [1.165, 1.54) is 0 Å². The summed E-state index contributed by atoms with van der Waals surface area (Å²) in [5.74, 6) is -0.185. The van der Waals surface area contributed by atoms with Gasteiger partial charge in [0, 0.05) is 12.6 Å². The van der Waals surface area contributed by atoms with Crippen molar-refractivity contribution >= 4 is 16.0 Å². The molecular formula is C14H26N2O4S. The van der Waals surface area contributed by atoms with Crippen LogP contribution in [0.3, 0.4) is 0 Å². The Morgan fingerprint density at radius 3 is 2.67 bits per heavy atom. The molecule has 0 aromatic rings. The molecule has 0 spiro atoms. The van der Waals surface area contributed by atoms with Gasteiger partial charge in [0.05, 0.1) is 18.8 Å². The summed E-state index contributed by atoms with van der Waals surface area (Å²) >= 11 is 0. The summed E-state index contributed by atoms with van der Waals surface area (Å²) in [6.45, 7) is 4.51. The molecule has 0 aromatic heterocycles. The van der Waals surface area contributed by atoms with Gasteiger partial charge >= 0.3 is 5.97 Å². The van der Waals surface area contributed by atoms with E-state index in [1.807, 2.05) is 0 Å². The van der Waals surface area contributed by atoms with Crippen molar-refractivity contribution in [2.24, 2.45) is 5.92 Å². The van der Waals surface area contributed by atoms with Gasteiger partial charge in [0.2, 0.25) is 10.0 Å². The molecule has 6 nitrogen and oxygen atoms in total. The maximum Gasteiger partial charge on any atom is 0.306 e. The fourth-order valence-electron chi connectivity index (χ4n) is 2.75. The average Bonchev–Trinajstić information content (AvgIpc) is 3.28. The van der Waals surface area contributed by atoms with Crippen LogP contribution in [0.5, 0.6) is 0 Å². The molecule has 122 valence electrons. The molecule has 2 fully saturated rings. The molecule has 0 aromatic carbocycles. The normalized spacial score (nSPS) is 23.2. The van der Waals surface area contributed by atoms with E-state index < -0.39 is 16.0 Å². The highest BCUT2D eigenvalue weighted by Gasteiger charge is 2.38. The Labute approximate surface area is 127 Å². The van der Waals surface area contributed by atoms with E-state index in [0.29, 0.717) is 19.1 Å². The van der Waals surface area contributed by atoms with Crippen LogP contribution in [0.2, 0.25) is 0 Å². The predicted molar refractivity (Wildman–Crippen MR) is 80.4 cm³/mol. The van der Waals surface area contributed by atoms with Gasteiger partial charge in [0.1, 0.15) is 0 Å². The summed E-state index contributed by atoms with van der Waals surface area (Å²) in [6, 6.07) is 0.152. The number of carbonyl (C=O) groups excluding carboxylic acids is 1. The topological polar surface area (TPSA) is 75.7 Å². The monoisotopic (exact) mass is 318 g/mol. The quantitative estimate of drug-likeness (QED) is 0.668. The first kappa shape index (κ1) is 16.7. The van der Waals surface area contributed by atoms with Crippen LogP contribution in [0.15, 0.2) is 0 Å². The Balaban J connectivity index is 1.90. The van der Waals surface area contributed by atoms with E-state index in [-0.39, 0.29) is 18.2 Å². The zero-order valence-corrected chi connectivity index (χ0v) is 13.5. The minimum absolute atomic E-state index is 0.0533. The molecule has 1 unspecified atom stereocenters. The van der Waals surface area contributed by atoms with Gasteiger partial charge in [-0.2, -0.15) is 4.31 Å². The second-order valence-electron chi connectivity index (χ2n) is 5.88. The third-order valence-corrected chi connectivity index (χ3v) is 5.90. The summed E-state index contributed by atoms with van der Waals surface area (Å²) < 4.78 is 31.4.